The molecular formula is C23H23ClN6O3. The van der Waals surface area contributed by atoms with Crippen molar-refractivity contribution in [2.75, 3.05) is 5.32 Å². The number of pyridine rings is 1. The van der Waals surface area contributed by atoms with Crippen molar-refractivity contribution in [2.45, 2.75) is 26.8 Å². The van der Waals surface area contributed by atoms with Gasteiger partial charge in [0.15, 0.2) is 11.3 Å². The summed E-state index contributed by atoms with van der Waals surface area (Å²) in [5.74, 6) is 0.297. The number of fused-ring (bicyclic) bond motifs is 1. The van der Waals surface area contributed by atoms with Gasteiger partial charge in [0, 0.05) is 24.4 Å². The maximum Gasteiger partial charge on any atom is 0.196 e. The van der Waals surface area contributed by atoms with Gasteiger partial charge in [-0.3, -0.25) is 9.48 Å². The van der Waals surface area contributed by atoms with Gasteiger partial charge in [0.05, 0.1) is 28.9 Å². The van der Waals surface area contributed by atoms with E-state index < -0.39 is 0 Å². The molecule has 0 saturated carbocycles. The van der Waals surface area contributed by atoms with Crippen LogP contribution in [0.1, 0.15) is 35.3 Å². The quantitative estimate of drug-likeness (QED) is 0.132. The zero-order valence-electron chi connectivity index (χ0n) is 18.5. The van der Waals surface area contributed by atoms with E-state index in [1.54, 1.807) is 43.2 Å². The van der Waals surface area contributed by atoms with Gasteiger partial charge >= 0.3 is 0 Å². The summed E-state index contributed by atoms with van der Waals surface area (Å²) in [4.78, 5) is 17.4. The molecule has 10 heteroatoms. The SMILES string of the molecule is Cc1cc([C@@H](C)Nc2ccc(Cl)nc2C(N)=NO)c2oc(-c3cnn(C)c3)c(C)c(=O)c2c1. The number of hydrogen-bond acceptors (Lipinski definition) is 7. The number of nitrogens with zero attached hydrogens (tertiary/aromatic N) is 4. The van der Waals surface area contributed by atoms with Gasteiger partial charge in [-0.15, -0.1) is 0 Å². The summed E-state index contributed by atoms with van der Waals surface area (Å²) in [5.41, 5.74) is 9.81. The lowest BCUT2D eigenvalue weighted by Gasteiger charge is -2.20. The van der Waals surface area contributed by atoms with Crippen molar-refractivity contribution in [2.24, 2.45) is 17.9 Å². The first-order valence-corrected chi connectivity index (χ1v) is 10.5. The van der Waals surface area contributed by atoms with Crippen LogP contribution >= 0.6 is 11.6 Å². The number of aromatic nitrogens is 3. The van der Waals surface area contributed by atoms with Gasteiger partial charge in [-0.2, -0.15) is 5.10 Å². The van der Waals surface area contributed by atoms with E-state index in [-0.39, 0.29) is 28.2 Å². The zero-order valence-corrected chi connectivity index (χ0v) is 19.3. The summed E-state index contributed by atoms with van der Waals surface area (Å²) in [7, 11) is 1.80. The molecule has 4 aromatic rings. The standard InChI is InChI=1S/C23H23ClN6O3/c1-11-7-15(13(3)27-17-5-6-18(24)28-19(17)23(25)29-32)22-16(8-11)20(31)12(2)21(33-22)14-9-26-30(4)10-14/h5-10,13,27,32H,1-4H3,(H2,25,29)/t13-/m1/s1. The zero-order chi connectivity index (χ0) is 23.9. The molecule has 0 spiro atoms. The maximum atomic E-state index is 13.2. The molecule has 0 radical (unpaired) electrons. The molecule has 0 unspecified atom stereocenters. The van der Waals surface area contributed by atoms with Crippen LogP contribution in [0.3, 0.4) is 0 Å². The smallest absolute Gasteiger partial charge is 0.196 e. The van der Waals surface area contributed by atoms with Crippen molar-refractivity contribution in [3.8, 4) is 11.3 Å². The third-order valence-corrected chi connectivity index (χ3v) is 5.62. The van der Waals surface area contributed by atoms with Gasteiger partial charge in [-0.25, -0.2) is 4.98 Å². The first kappa shape index (κ1) is 22.3. The Morgan fingerprint density at radius 1 is 1.33 bits per heavy atom. The van der Waals surface area contributed by atoms with Gasteiger partial charge in [-0.05, 0) is 44.5 Å². The Hall–Kier alpha value is -3.85. The third kappa shape index (κ3) is 4.14. The summed E-state index contributed by atoms with van der Waals surface area (Å²) in [5, 5.41) is 20.4. The van der Waals surface area contributed by atoms with Gasteiger partial charge in [-0.1, -0.05) is 22.8 Å². The normalized spacial score (nSPS) is 12.8. The summed E-state index contributed by atoms with van der Waals surface area (Å²) in [6.07, 6.45) is 3.46. The Kier molecular flexibility index (Phi) is 5.82. The number of hydrogen-bond donors (Lipinski definition) is 3. The van der Waals surface area contributed by atoms with Gasteiger partial charge in [0.2, 0.25) is 0 Å². The van der Waals surface area contributed by atoms with Crippen LogP contribution < -0.4 is 16.5 Å². The summed E-state index contributed by atoms with van der Waals surface area (Å²) >= 11 is 5.99. The number of rotatable bonds is 5. The number of nitrogens with one attached hydrogen (secondary N) is 1. The van der Waals surface area contributed by atoms with Crippen LogP contribution in [0, 0.1) is 13.8 Å². The summed E-state index contributed by atoms with van der Waals surface area (Å²) < 4.78 is 7.97. The van der Waals surface area contributed by atoms with Crippen LogP contribution in [-0.4, -0.2) is 25.8 Å². The number of oxime groups is 1. The molecule has 0 bridgehead atoms. The van der Waals surface area contributed by atoms with Crippen LogP contribution in [-0.2, 0) is 7.05 Å². The van der Waals surface area contributed by atoms with Crippen LogP contribution in [0.15, 0.2) is 51.0 Å². The largest absolute Gasteiger partial charge is 0.455 e. The van der Waals surface area contributed by atoms with E-state index in [0.717, 1.165) is 16.7 Å². The highest BCUT2D eigenvalue weighted by molar-refractivity contribution is 6.29. The lowest BCUT2D eigenvalue weighted by Crippen LogP contribution is -2.19. The Labute approximate surface area is 194 Å². The van der Waals surface area contributed by atoms with Crippen molar-refractivity contribution in [1.29, 1.82) is 0 Å². The minimum absolute atomic E-state index is 0.0993. The molecule has 9 nitrogen and oxygen atoms in total. The fourth-order valence-electron chi connectivity index (χ4n) is 3.81. The second-order valence-corrected chi connectivity index (χ2v) is 8.29. The van der Waals surface area contributed by atoms with Gasteiger partial charge in [0.1, 0.15) is 22.2 Å². The third-order valence-electron chi connectivity index (χ3n) is 5.41. The lowest BCUT2D eigenvalue weighted by atomic mass is 9.99. The average Bonchev–Trinajstić information content (AvgIpc) is 3.22. The highest BCUT2D eigenvalue weighted by Gasteiger charge is 2.21. The molecule has 3 heterocycles. The molecule has 0 aliphatic carbocycles. The molecule has 3 aromatic heterocycles. The number of benzene rings is 1. The van der Waals surface area contributed by atoms with Crippen LogP contribution in [0.4, 0.5) is 5.69 Å². The molecule has 0 aliphatic rings. The lowest BCUT2D eigenvalue weighted by molar-refractivity contribution is 0.318. The molecule has 1 atom stereocenters. The van der Waals surface area contributed by atoms with Crippen molar-refractivity contribution in [3.63, 3.8) is 0 Å². The Morgan fingerprint density at radius 3 is 2.76 bits per heavy atom. The molecule has 1 aromatic carbocycles. The first-order valence-electron chi connectivity index (χ1n) is 10.2. The average molecular weight is 467 g/mol. The molecule has 0 aliphatic heterocycles. The highest BCUT2D eigenvalue weighted by atomic mass is 35.5. The van der Waals surface area contributed by atoms with E-state index in [1.807, 2.05) is 26.0 Å². The van der Waals surface area contributed by atoms with E-state index in [0.29, 0.717) is 28.0 Å². The number of anilines is 1. The van der Waals surface area contributed by atoms with Crippen LogP contribution in [0.2, 0.25) is 5.15 Å². The topological polar surface area (TPSA) is 132 Å². The molecule has 170 valence electrons. The van der Waals surface area contributed by atoms with E-state index in [1.165, 1.54) is 0 Å². The van der Waals surface area contributed by atoms with E-state index >= 15 is 0 Å². The predicted molar refractivity (Wildman–Crippen MR) is 128 cm³/mol. The highest BCUT2D eigenvalue weighted by Crippen LogP contribution is 2.32. The fraction of sp³-hybridized carbons (Fsp3) is 0.217. The van der Waals surface area contributed by atoms with E-state index in [9.17, 15) is 4.79 Å². The molecule has 0 saturated heterocycles. The number of aryl methyl sites for hydroxylation is 2. The molecule has 0 fully saturated rings. The Balaban J connectivity index is 1.88. The summed E-state index contributed by atoms with van der Waals surface area (Å²) in [6, 6.07) is 6.75. The van der Waals surface area contributed by atoms with Crippen LogP contribution in [0.25, 0.3) is 22.3 Å². The molecule has 0 amide bonds. The molecule has 33 heavy (non-hydrogen) atoms. The Morgan fingerprint density at radius 2 is 2.09 bits per heavy atom. The second kappa shape index (κ2) is 8.59. The second-order valence-electron chi connectivity index (χ2n) is 7.90. The number of halogens is 1. The molecule has 4 rings (SSSR count). The van der Waals surface area contributed by atoms with Crippen molar-refractivity contribution in [3.05, 3.63) is 74.4 Å². The van der Waals surface area contributed by atoms with E-state index in [2.05, 4.69) is 20.6 Å². The fourth-order valence-corrected chi connectivity index (χ4v) is 3.96. The van der Waals surface area contributed by atoms with Crippen molar-refractivity contribution < 1.29 is 9.62 Å². The van der Waals surface area contributed by atoms with Gasteiger partial charge < -0.3 is 20.7 Å². The number of amidine groups is 1. The van der Waals surface area contributed by atoms with Crippen LogP contribution in [0.5, 0.6) is 0 Å². The molecule has 4 N–H and O–H groups in total. The monoisotopic (exact) mass is 466 g/mol. The summed E-state index contributed by atoms with van der Waals surface area (Å²) in [6.45, 7) is 5.59. The maximum absolute atomic E-state index is 13.2. The molecular weight excluding hydrogens is 444 g/mol. The Bertz CT molecular complexity index is 1460. The van der Waals surface area contributed by atoms with Gasteiger partial charge in [0.25, 0.3) is 0 Å². The minimum Gasteiger partial charge on any atom is -0.455 e. The predicted octanol–water partition coefficient (Wildman–Crippen LogP) is 4.13. The van der Waals surface area contributed by atoms with Crippen molar-refractivity contribution in [1.82, 2.24) is 14.8 Å². The number of nitrogens with two attached hydrogens (primary N) is 1. The van der Waals surface area contributed by atoms with E-state index in [4.69, 9.17) is 27.0 Å². The van der Waals surface area contributed by atoms with Crippen molar-refractivity contribution >= 4 is 34.1 Å². The minimum atomic E-state index is -0.326. The first-order chi connectivity index (χ1) is 15.7.